The van der Waals surface area contributed by atoms with Gasteiger partial charge in [-0.25, -0.2) is 0 Å². The van der Waals surface area contributed by atoms with Gasteiger partial charge in [0.15, 0.2) is 0 Å². The molecule has 2 aromatic rings. The molecule has 1 unspecified atom stereocenters. The molecule has 144 valence electrons. The number of fused-ring (bicyclic) bond motifs is 1. The molecule has 2 amide bonds. The normalized spacial score (nSPS) is 16.1. The standard InChI is InChI=1S/C21H26N2O2S2/c1-3-22(4-2)19(24)14-26-15-20(25)23-12-10-18-17(11-13-27-18)21(23)16-8-6-5-7-9-16/h5-9,11,13,21H,3-4,10,12,14-15H2,1-2H3. The lowest BCUT2D eigenvalue weighted by molar-refractivity contribution is -0.130. The lowest BCUT2D eigenvalue weighted by Crippen LogP contribution is -2.41. The van der Waals surface area contributed by atoms with E-state index >= 15 is 0 Å². The van der Waals surface area contributed by atoms with Gasteiger partial charge in [0.25, 0.3) is 0 Å². The quantitative estimate of drug-likeness (QED) is 0.707. The third-order valence-electron chi connectivity index (χ3n) is 4.97. The molecule has 6 heteroatoms. The van der Waals surface area contributed by atoms with Crippen molar-refractivity contribution in [3.8, 4) is 0 Å². The SMILES string of the molecule is CCN(CC)C(=O)CSCC(=O)N1CCc2sccc2C1c1ccccc1. The molecule has 0 spiro atoms. The number of rotatable bonds is 7. The summed E-state index contributed by atoms with van der Waals surface area (Å²) in [7, 11) is 0. The summed E-state index contributed by atoms with van der Waals surface area (Å²) in [6.07, 6.45) is 0.908. The fraction of sp³-hybridized carbons (Fsp3) is 0.429. The predicted octanol–water partition coefficient (Wildman–Crippen LogP) is 3.82. The van der Waals surface area contributed by atoms with Crippen molar-refractivity contribution in [3.63, 3.8) is 0 Å². The van der Waals surface area contributed by atoms with Gasteiger partial charge < -0.3 is 9.80 Å². The summed E-state index contributed by atoms with van der Waals surface area (Å²) in [5, 5.41) is 2.12. The van der Waals surface area contributed by atoms with Crippen molar-refractivity contribution in [1.29, 1.82) is 0 Å². The summed E-state index contributed by atoms with van der Waals surface area (Å²) < 4.78 is 0. The average molecular weight is 403 g/mol. The van der Waals surface area contributed by atoms with Gasteiger partial charge in [-0.15, -0.1) is 23.1 Å². The molecule has 0 saturated carbocycles. The van der Waals surface area contributed by atoms with Crippen LogP contribution in [0.1, 0.15) is 35.9 Å². The van der Waals surface area contributed by atoms with Crippen LogP contribution in [-0.2, 0) is 16.0 Å². The van der Waals surface area contributed by atoms with E-state index in [2.05, 4.69) is 23.6 Å². The molecule has 27 heavy (non-hydrogen) atoms. The lowest BCUT2D eigenvalue weighted by Gasteiger charge is -2.36. The van der Waals surface area contributed by atoms with Gasteiger partial charge in [0.2, 0.25) is 11.8 Å². The van der Waals surface area contributed by atoms with Crippen molar-refractivity contribution >= 4 is 34.9 Å². The Morgan fingerprint density at radius 2 is 1.89 bits per heavy atom. The van der Waals surface area contributed by atoms with Gasteiger partial charge in [0.1, 0.15) is 0 Å². The Hall–Kier alpha value is -1.79. The molecule has 3 rings (SSSR count). The minimum atomic E-state index is -0.0206. The first-order chi connectivity index (χ1) is 13.2. The highest BCUT2D eigenvalue weighted by Gasteiger charge is 2.32. The molecule has 0 bridgehead atoms. The van der Waals surface area contributed by atoms with E-state index in [0.717, 1.165) is 18.5 Å². The first kappa shape index (κ1) is 20.0. The summed E-state index contributed by atoms with van der Waals surface area (Å²) in [4.78, 5) is 30.3. The number of hydrogen-bond acceptors (Lipinski definition) is 4. The molecule has 1 aliphatic rings. The number of thiophene rings is 1. The molecule has 1 aliphatic heterocycles. The number of amides is 2. The number of carbonyl (C=O) groups is 2. The number of nitrogens with zero attached hydrogens (tertiary/aromatic N) is 2. The maximum absolute atomic E-state index is 13.0. The highest BCUT2D eigenvalue weighted by molar-refractivity contribution is 8.00. The van der Waals surface area contributed by atoms with Gasteiger partial charge >= 0.3 is 0 Å². The van der Waals surface area contributed by atoms with E-state index in [-0.39, 0.29) is 17.9 Å². The second-order valence-corrected chi connectivity index (χ2v) is 8.49. The first-order valence-electron chi connectivity index (χ1n) is 9.41. The van der Waals surface area contributed by atoms with Crippen molar-refractivity contribution in [2.45, 2.75) is 26.3 Å². The van der Waals surface area contributed by atoms with E-state index in [9.17, 15) is 9.59 Å². The fourth-order valence-electron chi connectivity index (χ4n) is 3.56. The van der Waals surface area contributed by atoms with Gasteiger partial charge in [0, 0.05) is 24.5 Å². The minimum absolute atomic E-state index is 0.0206. The molecular formula is C21H26N2O2S2. The third-order valence-corrected chi connectivity index (χ3v) is 6.87. The van der Waals surface area contributed by atoms with Crippen LogP contribution in [0.25, 0.3) is 0 Å². The predicted molar refractivity (Wildman–Crippen MR) is 113 cm³/mol. The monoisotopic (exact) mass is 402 g/mol. The Morgan fingerprint density at radius 3 is 2.59 bits per heavy atom. The molecule has 1 atom stereocenters. The topological polar surface area (TPSA) is 40.6 Å². The highest BCUT2D eigenvalue weighted by Crippen LogP contribution is 2.37. The van der Waals surface area contributed by atoms with Crippen LogP contribution in [0.5, 0.6) is 0 Å². The van der Waals surface area contributed by atoms with Gasteiger partial charge in [-0.2, -0.15) is 0 Å². The van der Waals surface area contributed by atoms with Crippen LogP contribution in [0.2, 0.25) is 0 Å². The largest absolute Gasteiger partial charge is 0.343 e. The van der Waals surface area contributed by atoms with Gasteiger partial charge in [-0.3, -0.25) is 9.59 Å². The Morgan fingerprint density at radius 1 is 1.15 bits per heavy atom. The van der Waals surface area contributed by atoms with Crippen LogP contribution in [0, 0.1) is 0 Å². The first-order valence-corrected chi connectivity index (χ1v) is 11.4. The van der Waals surface area contributed by atoms with Crippen LogP contribution in [0.4, 0.5) is 0 Å². The van der Waals surface area contributed by atoms with E-state index in [0.29, 0.717) is 24.6 Å². The van der Waals surface area contributed by atoms with Crippen molar-refractivity contribution in [3.05, 3.63) is 57.8 Å². The van der Waals surface area contributed by atoms with E-state index < -0.39 is 0 Å². The van der Waals surface area contributed by atoms with Crippen molar-refractivity contribution < 1.29 is 9.59 Å². The van der Waals surface area contributed by atoms with Crippen LogP contribution in [0.3, 0.4) is 0 Å². The molecule has 2 heterocycles. The van der Waals surface area contributed by atoms with Gasteiger partial charge in [-0.05, 0) is 42.8 Å². The van der Waals surface area contributed by atoms with Gasteiger partial charge in [0.05, 0.1) is 17.5 Å². The summed E-state index contributed by atoms with van der Waals surface area (Å²) in [5.74, 6) is 0.922. The molecular weight excluding hydrogens is 376 g/mol. The Kier molecular flexibility index (Phi) is 6.96. The molecule has 4 nitrogen and oxygen atoms in total. The molecule has 0 fully saturated rings. The van der Waals surface area contributed by atoms with E-state index in [1.807, 2.05) is 41.8 Å². The summed E-state index contributed by atoms with van der Waals surface area (Å²) in [6, 6.07) is 12.4. The highest BCUT2D eigenvalue weighted by atomic mass is 32.2. The van der Waals surface area contributed by atoms with Crippen LogP contribution in [0.15, 0.2) is 41.8 Å². The number of hydrogen-bond donors (Lipinski definition) is 0. The van der Waals surface area contributed by atoms with Crippen LogP contribution < -0.4 is 0 Å². The molecule has 1 aromatic carbocycles. The zero-order valence-electron chi connectivity index (χ0n) is 15.9. The van der Waals surface area contributed by atoms with Crippen molar-refractivity contribution in [2.75, 3.05) is 31.1 Å². The third kappa shape index (κ3) is 4.55. The zero-order valence-corrected chi connectivity index (χ0v) is 17.5. The second-order valence-electron chi connectivity index (χ2n) is 6.51. The Balaban J connectivity index is 1.69. The van der Waals surface area contributed by atoms with Crippen molar-refractivity contribution in [1.82, 2.24) is 9.80 Å². The van der Waals surface area contributed by atoms with Crippen molar-refractivity contribution in [2.24, 2.45) is 0 Å². The van der Waals surface area contributed by atoms with E-state index in [4.69, 9.17) is 0 Å². The summed E-state index contributed by atoms with van der Waals surface area (Å²) >= 11 is 3.20. The Labute approximate surface area is 169 Å². The lowest BCUT2D eigenvalue weighted by atomic mass is 9.93. The number of benzene rings is 1. The number of carbonyl (C=O) groups excluding carboxylic acids is 2. The molecule has 0 radical (unpaired) electrons. The van der Waals surface area contributed by atoms with Gasteiger partial charge in [-0.1, -0.05) is 30.3 Å². The van der Waals surface area contributed by atoms with E-state index in [1.165, 1.54) is 22.2 Å². The minimum Gasteiger partial charge on any atom is -0.343 e. The maximum Gasteiger partial charge on any atom is 0.233 e. The molecule has 0 saturated heterocycles. The molecule has 1 aromatic heterocycles. The Bertz CT molecular complexity index is 771. The van der Waals surface area contributed by atoms with E-state index in [1.54, 1.807) is 11.3 Å². The van der Waals surface area contributed by atoms with Crippen LogP contribution >= 0.6 is 23.1 Å². The summed E-state index contributed by atoms with van der Waals surface area (Å²) in [5.41, 5.74) is 2.39. The molecule has 0 N–H and O–H groups in total. The maximum atomic E-state index is 13.0. The zero-order chi connectivity index (χ0) is 19.2. The molecule has 0 aliphatic carbocycles. The number of thioether (sulfide) groups is 1. The average Bonchev–Trinajstić information content (AvgIpc) is 3.17. The second kappa shape index (κ2) is 9.42. The smallest absolute Gasteiger partial charge is 0.233 e. The van der Waals surface area contributed by atoms with Crippen LogP contribution in [-0.4, -0.2) is 52.8 Å². The fourth-order valence-corrected chi connectivity index (χ4v) is 5.26. The summed E-state index contributed by atoms with van der Waals surface area (Å²) in [6.45, 7) is 6.12.